The molecule has 0 aromatic carbocycles. The van der Waals surface area contributed by atoms with Crippen molar-refractivity contribution in [2.75, 3.05) is 0 Å². The van der Waals surface area contributed by atoms with E-state index in [4.69, 9.17) is 28.3 Å². The second-order valence-corrected chi connectivity index (χ2v) is 4.56. The first-order valence-electron chi connectivity index (χ1n) is 4.82. The number of rotatable bonds is 3. The summed E-state index contributed by atoms with van der Waals surface area (Å²) >= 11 is 11.3. The third kappa shape index (κ3) is 2.35. The normalized spacial score (nSPS) is 16.4. The maximum absolute atomic E-state index is 11.8. The van der Waals surface area contributed by atoms with Crippen molar-refractivity contribution in [2.45, 2.75) is 18.4 Å². The summed E-state index contributed by atoms with van der Waals surface area (Å²) in [6.07, 6.45) is 0.847. The maximum atomic E-state index is 11.8. The average Bonchev–Trinajstić information content (AvgIpc) is 2.98. The molecular formula is C10H8Cl2N2O3. The first kappa shape index (κ1) is 12.1. The summed E-state index contributed by atoms with van der Waals surface area (Å²) < 4.78 is 0. The Labute approximate surface area is 107 Å². The fourth-order valence-corrected chi connectivity index (χ4v) is 1.81. The van der Waals surface area contributed by atoms with Crippen LogP contribution in [0.4, 0.5) is 0 Å². The Bertz CT molecular complexity index is 500. The molecule has 7 heteroatoms. The van der Waals surface area contributed by atoms with Gasteiger partial charge in [-0.2, -0.15) is 0 Å². The van der Waals surface area contributed by atoms with E-state index in [0.717, 1.165) is 0 Å². The van der Waals surface area contributed by atoms with E-state index in [2.05, 4.69) is 10.3 Å². The van der Waals surface area contributed by atoms with Crippen molar-refractivity contribution in [3.63, 3.8) is 0 Å². The van der Waals surface area contributed by atoms with Crippen LogP contribution in [-0.4, -0.2) is 27.5 Å². The van der Waals surface area contributed by atoms with Crippen LogP contribution in [0.25, 0.3) is 0 Å². The molecule has 1 aliphatic carbocycles. The molecule has 0 spiro atoms. The first-order valence-corrected chi connectivity index (χ1v) is 5.58. The number of pyridine rings is 1. The zero-order valence-corrected chi connectivity index (χ0v) is 10.0. The molecule has 0 bridgehead atoms. The Morgan fingerprint density at radius 2 is 2.00 bits per heavy atom. The van der Waals surface area contributed by atoms with Gasteiger partial charge in [0, 0.05) is 0 Å². The molecular weight excluding hydrogens is 267 g/mol. The summed E-state index contributed by atoms with van der Waals surface area (Å²) in [5.74, 6) is -1.59. The zero-order chi connectivity index (χ0) is 12.6. The lowest BCUT2D eigenvalue weighted by Crippen LogP contribution is -2.43. The number of aromatic nitrogens is 1. The predicted octanol–water partition coefficient (Wildman–Crippen LogP) is 1.74. The molecule has 1 saturated carbocycles. The Morgan fingerprint density at radius 1 is 1.35 bits per heavy atom. The standard InChI is InChI=1S/C10H8Cl2N2O3/c11-6-2-1-5(7(12)13-6)8(15)14-10(3-4-10)9(16)17/h1-2H,3-4H2,(H,14,15)(H,16,17). The number of aliphatic carboxylic acids is 1. The lowest BCUT2D eigenvalue weighted by atomic mass is 10.2. The van der Waals surface area contributed by atoms with E-state index in [9.17, 15) is 9.59 Å². The molecule has 1 aromatic heterocycles. The van der Waals surface area contributed by atoms with Crippen molar-refractivity contribution in [2.24, 2.45) is 0 Å². The van der Waals surface area contributed by atoms with Crippen molar-refractivity contribution < 1.29 is 14.7 Å². The highest BCUT2D eigenvalue weighted by Crippen LogP contribution is 2.36. The second kappa shape index (κ2) is 4.16. The number of carboxylic acids is 1. The van der Waals surface area contributed by atoms with Gasteiger partial charge < -0.3 is 10.4 Å². The summed E-state index contributed by atoms with van der Waals surface area (Å²) in [4.78, 5) is 26.4. The van der Waals surface area contributed by atoms with Crippen LogP contribution in [0.15, 0.2) is 12.1 Å². The molecule has 2 rings (SSSR count). The molecule has 17 heavy (non-hydrogen) atoms. The van der Waals surface area contributed by atoms with Crippen LogP contribution >= 0.6 is 23.2 Å². The number of halogens is 2. The molecule has 0 unspecified atom stereocenters. The number of carbonyl (C=O) groups excluding carboxylic acids is 1. The molecule has 1 aromatic rings. The monoisotopic (exact) mass is 274 g/mol. The number of carboxylic acid groups (broad SMARTS) is 1. The van der Waals surface area contributed by atoms with Crippen molar-refractivity contribution in [1.82, 2.24) is 10.3 Å². The van der Waals surface area contributed by atoms with Crippen LogP contribution < -0.4 is 5.32 Å². The highest BCUT2D eigenvalue weighted by atomic mass is 35.5. The Morgan fingerprint density at radius 3 is 2.47 bits per heavy atom. The second-order valence-electron chi connectivity index (χ2n) is 3.81. The molecule has 1 fully saturated rings. The number of nitrogens with zero attached hydrogens (tertiary/aromatic N) is 1. The molecule has 1 amide bonds. The highest BCUT2D eigenvalue weighted by Gasteiger charge is 2.51. The Kier molecular flexibility index (Phi) is 2.97. The lowest BCUT2D eigenvalue weighted by Gasteiger charge is -2.12. The minimum atomic E-state index is -1.14. The SMILES string of the molecule is O=C(NC1(C(=O)O)CC1)c1ccc(Cl)nc1Cl. The summed E-state index contributed by atoms with van der Waals surface area (Å²) in [5, 5.41) is 11.5. The van der Waals surface area contributed by atoms with E-state index < -0.39 is 17.4 Å². The van der Waals surface area contributed by atoms with Gasteiger partial charge in [0.25, 0.3) is 5.91 Å². The smallest absolute Gasteiger partial charge is 0.329 e. The molecule has 1 aliphatic rings. The molecule has 0 aliphatic heterocycles. The number of carbonyl (C=O) groups is 2. The van der Waals surface area contributed by atoms with Gasteiger partial charge in [-0.05, 0) is 25.0 Å². The number of hydrogen-bond donors (Lipinski definition) is 2. The molecule has 90 valence electrons. The van der Waals surface area contributed by atoms with E-state index in [-0.39, 0.29) is 15.9 Å². The Balaban J connectivity index is 2.18. The van der Waals surface area contributed by atoms with Crippen LogP contribution in [-0.2, 0) is 4.79 Å². The van der Waals surface area contributed by atoms with Crippen LogP contribution in [0.1, 0.15) is 23.2 Å². The molecule has 1 heterocycles. The fourth-order valence-electron chi connectivity index (χ4n) is 1.38. The van der Waals surface area contributed by atoms with Crippen LogP contribution in [0, 0.1) is 0 Å². The van der Waals surface area contributed by atoms with Gasteiger partial charge >= 0.3 is 5.97 Å². The number of nitrogens with one attached hydrogen (secondary N) is 1. The van der Waals surface area contributed by atoms with Gasteiger partial charge in [-0.25, -0.2) is 9.78 Å². The Hall–Kier alpha value is -1.33. The van der Waals surface area contributed by atoms with Crippen molar-refractivity contribution in [3.8, 4) is 0 Å². The fraction of sp³-hybridized carbons (Fsp3) is 0.300. The van der Waals surface area contributed by atoms with E-state index in [0.29, 0.717) is 12.8 Å². The molecule has 0 atom stereocenters. The summed E-state index contributed by atoms with van der Waals surface area (Å²) in [6, 6.07) is 2.83. The summed E-state index contributed by atoms with van der Waals surface area (Å²) in [5.41, 5.74) is -1.02. The van der Waals surface area contributed by atoms with E-state index in [1.165, 1.54) is 12.1 Å². The summed E-state index contributed by atoms with van der Waals surface area (Å²) in [6.45, 7) is 0. The van der Waals surface area contributed by atoms with E-state index in [1.807, 2.05) is 0 Å². The molecule has 2 N–H and O–H groups in total. The van der Waals surface area contributed by atoms with Gasteiger partial charge in [0.2, 0.25) is 0 Å². The van der Waals surface area contributed by atoms with Crippen molar-refractivity contribution >= 4 is 35.1 Å². The van der Waals surface area contributed by atoms with Crippen LogP contribution in [0.2, 0.25) is 10.3 Å². The summed E-state index contributed by atoms with van der Waals surface area (Å²) in [7, 11) is 0. The van der Waals surface area contributed by atoms with Crippen molar-refractivity contribution in [1.29, 1.82) is 0 Å². The molecule has 0 saturated heterocycles. The van der Waals surface area contributed by atoms with E-state index in [1.54, 1.807) is 0 Å². The predicted molar refractivity (Wildman–Crippen MR) is 61.3 cm³/mol. The van der Waals surface area contributed by atoms with Crippen molar-refractivity contribution in [3.05, 3.63) is 28.0 Å². The zero-order valence-electron chi connectivity index (χ0n) is 8.54. The molecule has 0 radical (unpaired) electrons. The van der Waals surface area contributed by atoms with Gasteiger partial charge in [0.05, 0.1) is 5.56 Å². The number of amides is 1. The van der Waals surface area contributed by atoms with Gasteiger partial charge in [0.15, 0.2) is 0 Å². The van der Waals surface area contributed by atoms with Gasteiger partial charge in [0.1, 0.15) is 15.8 Å². The molecule has 5 nitrogen and oxygen atoms in total. The third-order valence-corrected chi connectivity index (χ3v) is 3.07. The highest BCUT2D eigenvalue weighted by molar-refractivity contribution is 6.34. The maximum Gasteiger partial charge on any atom is 0.329 e. The minimum absolute atomic E-state index is 0.0452. The van der Waals surface area contributed by atoms with Gasteiger partial charge in [-0.1, -0.05) is 23.2 Å². The van der Waals surface area contributed by atoms with Crippen LogP contribution in [0.3, 0.4) is 0 Å². The van der Waals surface area contributed by atoms with Crippen LogP contribution in [0.5, 0.6) is 0 Å². The number of hydrogen-bond acceptors (Lipinski definition) is 3. The average molecular weight is 275 g/mol. The lowest BCUT2D eigenvalue weighted by molar-refractivity contribution is -0.140. The minimum Gasteiger partial charge on any atom is -0.480 e. The first-order chi connectivity index (χ1) is 7.94. The van der Waals surface area contributed by atoms with Gasteiger partial charge in [-0.15, -0.1) is 0 Å². The van der Waals surface area contributed by atoms with Gasteiger partial charge in [-0.3, -0.25) is 4.79 Å². The third-order valence-electron chi connectivity index (χ3n) is 2.57. The topological polar surface area (TPSA) is 79.3 Å². The van der Waals surface area contributed by atoms with E-state index >= 15 is 0 Å². The largest absolute Gasteiger partial charge is 0.480 e. The quantitative estimate of drug-likeness (QED) is 0.823.